The Morgan fingerprint density at radius 3 is 2.65 bits per heavy atom. The van der Waals surface area contributed by atoms with Gasteiger partial charge in [-0.15, -0.1) is 0 Å². The number of methoxy groups -OCH3 is 1. The molecule has 1 rings (SSSR count). The fraction of sp³-hybridized carbons (Fsp3) is 0.364. The summed E-state index contributed by atoms with van der Waals surface area (Å²) in [5.41, 5.74) is 6.42. The quantitative estimate of drug-likeness (QED) is 0.832. The smallest absolute Gasteiger partial charge is 0.327 e. The van der Waals surface area contributed by atoms with Crippen molar-refractivity contribution in [1.82, 2.24) is 0 Å². The molecule has 0 aliphatic heterocycles. The van der Waals surface area contributed by atoms with Gasteiger partial charge in [-0.3, -0.25) is 0 Å². The van der Waals surface area contributed by atoms with Crippen molar-refractivity contribution in [3.63, 3.8) is 0 Å². The number of benzene rings is 1. The summed E-state index contributed by atoms with van der Waals surface area (Å²) >= 11 is 6.69. The van der Waals surface area contributed by atoms with Gasteiger partial charge in [0.15, 0.2) is 0 Å². The van der Waals surface area contributed by atoms with Gasteiger partial charge in [-0.1, -0.05) is 15.9 Å². The fourth-order valence-corrected chi connectivity index (χ4v) is 2.81. The average Bonchev–Trinajstić information content (AvgIpc) is 2.27. The van der Waals surface area contributed by atoms with Crippen LogP contribution in [0.15, 0.2) is 21.1 Å². The molecule has 0 radical (unpaired) electrons. The molecule has 0 fully saturated rings. The lowest BCUT2D eigenvalue weighted by molar-refractivity contribution is -0.144. The summed E-state index contributed by atoms with van der Waals surface area (Å²) in [5, 5.41) is 0. The van der Waals surface area contributed by atoms with E-state index >= 15 is 0 Å². The molecule has 4 nitrogen and oxygen atoms in total. The summed E-state index contributed by atoms with van der Waals surface area (Å²) in [4.78, 5) is 11.6. The third kappa shape index (κ3) is 3.43. The van der Waals surface area contributed by atoms with Gasteiger partial charge in [-0.25, -0.2) is 4.79 Å². The molecule has 1 aromatic rings. The lowest BCUT2D eigenvalue weighted by atomic mass is 10.1. The highest BCUT2D eigenvalue weighted by Crippen LogP contribution is 2.35. The van der Waals surface area contributed by atoms with Crippen LogP contribution in [0.1, 0.15) is 18.5 Å². The van der Waals surface area contributed by atoms with Gasteiger partial charge in [0.1, 0.15) is 11.8 Å². The summed E-state index contributed by atoms with van der Waals surface area (Å²) < 4.78 is 11.6. The van der Waals surface area contributed by atoms with Gasteiger partial charge in [0.25, 0.3) is 0 Å². The monoisotopic (exact) mass is 365 g/mol. The Morgan fingerprint density at radius 2 is 2.12 bits per heavy atom. The molecule has 6 heteroatoms. The number of halogens is 2. The molecule has 2 N–H and O–H groups in total. The molecule has 1 aromatic carbocycles. The molecule has 0 spiro atoms. The number of nitrogens with two attached hydrogens (primary N) is 1. The molecule has 0 aliphatic rings. The first-order valence-corrected chi connectivity index (χ1v) is 6.55. The van der Waals surface area contributed by atoms with E-state index in [1.165, 1.54) is 7.11 Å². The Kier molecular flexibility index (Phi) is 5.42. The van der Waals surface area contributed by atoms with Crippen LogP contribution in [0.4, 0.5) is 0 Å². The Hall–Kier alpha value is -0.590. The molecular formula is C11H13Br2NO3. The minimum Gasteiger partial charge on any atom is -0.495 e. The molecule has 0 bridgehead atoms. The lowest BCUT2D eigenvalue weighted by Gasteiger charge is -2.16. The highest BCUT2D eigenvalue weighted by molar-refractivity contribution is 9.11. The van der Waals surface area contributed by atoms with Crippen LogP contribution in [0.25, 0.3) is 0 Å². The summed E-state index contributed by atoms with van der Waals surface area (Å²) in [6.07, 6.45) is 0. The predicted molar refractivity (Wildman–Crippen MR) is 72.0 cm³/mol. The summed E-state index contributed by atoms with van der Waals surface area (Å²) in [5.74, 6) is 0.0598. The molecule has 0 heterocycles. The molecule has 0 aromatic heterocycles. The molecule has 0 saturated carbocycles. The largest absolute Gasteiger partial charge is 0.495 e. The van der Waals surface area contributed by atoms with E-state index in [0.29, 0.717) is 17.9 Å². The first-order valence-electron chi connectivity index (χ1n) is 4.96. The van der Waals surface area contributed by atoms with E-state index < -0.39 is 12.0 Å². The second-order valence-electron chi connectivity index (χ2n) is 3.24. The highest BCUT2D eigenvalue weighted by atomic mass is 79.9. The Morgan fingerprint density at radius 1 is 1.47 bits per heavy atom. The zero-order valence-corrected chi connectivity index (χ0v) is 12.7. The van der Waals surface area contributed by atoms with E-state index in [2.05, 4.69) is 31.9 Å². The molecule has 1 atom stereocenters. The predicted octanol–water partition coefficient (Wildman–Crippen LogP) is 2.78. The average molecular weight is 367 g/mol. The number of carbonyl (C=O) groups is 1. The van der Waals surface area contributed by atoms with Gasteiger partial charge in [-0.05, 0) is 35.0 Å². The standard InChI is InChI=1S/C11H13Br2NO3/c1-3-17-11(15)9(14)7-4-6(12)5-8(13)10(7)16-2/h4-5,9H,3,14H2,1-2H3. The molecule has 0 aliphatic carbocycles. The van der Waals surface area contributed by atoms with E-state index in [4.69, 9.17) is 15.2 Å². The second kappa shape index (κ2) is 6.37. The van der Waals surface area contributed by atoms with Crippen LogP contribution in [0.5, 0.6) is 5.75 Å². The van der Waals surface area contributed by atoms with E-state index in [-0.39, 0.29) is 0 Å². The summed E-state index contributed by atoms with van der Waals surface area (Å²) in [6.45, 7) is 2.03. The van der Waals surface area contributed by atoms with Crippen LogP contribution in [0, 0.1) is 0 Å². The molecule has 94 valence electrons. The minimum absolute atomic E-state index is 0.296. The van der Waals surface area contributed by atoms with Gasteiger partial charge in [0.2, 0.25) is 0 Å². The van der Waals surface area contributed by atoms with E-state index in [9.17, 15) is 4.79 Å². The number of esters is 1. The maximum Gasteiger partial charge on any atom is 0.327 e. The van der Waals surface area contributed by atoms with E-state index in [1.807, 2.05) is 6.07 Å². The molecule has 0 amide bonds. The fourth-order valence-electron chi connectivity index (χ4n) is 1.39. The zero-order valence-electron chi connectivity index (χ0n) is 9.50. The van der Waals surface area contributed by atoms with Gasteiger partial charge in [-0.2, -0.15) is 0 Å². The van der Waals surface area contributed by atoms with Gasteiger partial charge in [0, 0.05) is 10.0 Å². The highest BCUT2D eigenvalue weighted by Gasteiger charge is 2.23. The van der Waals surface area contributed by atoms with Crippen molar-refractivity contribution in [2.75, 3.05) is 13.7 Å². The molecular weight excluding hydrogens is 354 g/mol. The van der Waals surface area contributed by atoms with Crippen molar-refractivity contribution < 1.29 is 14.3 Å². The Bertz CT molecular complexity index is 423. The third-order valence-corrected chi connectivity index (χ3v) is 3.16. The molecule has 1 unspecified atom stereocenters. The Labute approximate surface area is 117 Å². The van der Waals surface area contributed by atoms with Crippen LogP contribution >= 0.6 is 31.9 Å². The SMILES string of the molecule is CCOC(=O)C(N)c1cc(Br)cc(Br)c1OC. The Balaban J connectivity index is 3.15. The molecule has 17 heavy (non-hydrogen) atoms. The second-order valence-corrected chi connectivity index (χ2v) is 5.01. The maximum absolute atomic E-state index is 11.6. The van der Waals surface area contributed by atoms with Crippen molar-refractivity contribution in [3.8, 4) is 5.75 Å². The van der Waals surface area contributed by atoms with Gasteiger partial charge in [0.05, 0.1) is 18.2 Å². The minimum atomic E-state index is -0.862. The van der Waals surface area contributed by atoms with Crippen molar-refractivity contribution in [2.24, 2.45) is 5.73 Å². The third-order valence-electron chi connectivity index (χ3n) is 2.12. The van der Waals surface area contributed by atoms with Crippen LogP contribution < -0.4 is 10.5 Å². The number of carbonyl (C=O) groups excluding carboxylic acids is 1. The lowest BCUT2D eigenvalue weighted by Crippen LogP contribution is -2.24. The zero-order chi connectivity index (χ0) is 13.0. The number of ether oxygens (including phenoxy) is 2. The topological polar surface area (TPSA) is 61.5 Å². The molecule has 0 saturated heterocycles. The number of rotatable bonds is 4. The maximum atomic E-state index is 11.6. The van der Waals surface area contributed by atoms with Crippen molar-refractivity contribution in [2.45, 2.75) is 13.0 Å². The van der Waals surface area contributed by atoms with Crippen LogP contribution in [-0.4, -0.2) is 19.7 Å². The number of hydrogen-bond acceptors (Lipinski definition) is 4. The van der Waals surface area contributed by atoms with Crippen molar-refractivity contribution in [3.05, 3.63) is 26.6 Å². The summed E-state index contributed by atoms with van der Waals surface area (Å²) in [7, 11) is 1.52. The van der Waals surface area contributed by atoms with Crippen molar-refractivity contribution in [1.29, 1.82) is 0 Å². The van der Waals surface area contributed by atoms with Crippen LogP contribution in [-0.2, 0) is 9.53 Å². The normalized spacial score (nSPS) is 12.1. The number of hydrogen-bond donors (Lipinski definition) is 1. The summed E-state index contributed by atoms with van der Waals surface area (Å²) in [6, 6.07) is 2.70. The first kappa shape index (κ1) is 14.5. The first-order chi connectivity index (χ1) is 8.01. The van der Waals surface area contributed by atoms with Gasteiger partial charge >= 0.3 is 5.97 Å². The van der Waals surface area contributed by atoms with Crippen LogP contribution in [0.2, 0.25) is 0 Å². The van der Waals surface area contributed by atoms with Gasteiger partial charge < -0.3 is 15.2 Å². The van der Waals surface area contributed by atoms with E-state index in [1.54, 1.807) is 13.0 Å². The van der Waals surface area contributed by atoms with Crippen molar-refractivity contribution >= 4 is 37.8 Å². The van der Waals surface area contributed by atoms with Crippen LogP contribution in [0.3, 0.4) is 0 Å². The van der Waals surface area contributed by atoms with E-state index in [0.717, 1.165) is 8.95 Å².